The van der Waals surface area contributed by atoms with Crippen molar-refractivity contribution < 1.29 is 9.53 Å². The molecule has 2 heterocycles. The Bertz CT molecular complexity index is 1730. The van der Waals surface area contributed by atoms with Gasteiger partial charge in [-0.15, -0.1) is 0 Å². The standard InChI is InChI=1S/C36H31N3O2/c40-36(38-24-27-18-20-37-21-19-27)23-33(29-12-9-15-31(22-29)41-30-13-5-2-6-14-30)34-26-39(25-28-10-3-1-4-11-28)35-17-8-7-16-32(34)35/h1-22,26,33H,23-25H2,(H,38,40). The molecule has 202 valence electrons. The zero-order chi connectivity index (χ0) is 27.9. The van der Waals surface area contributed by atoms with Crippen molar-refractivity contribution in [2.24, 2.45) is 0 Å². The van der Waals surface area contributed by atoms with Crippen molar-refractivity contribution in [3.8, 4) is 11.5 Å². The third-order valence-electron chi connectivity index (χ3n) is 7.26. The van der Waals surface area contributed by atoms with Crippen LogP contribution < -0.4 is 10.1 Å². The Morgan fingerprint density at radius 2 is 1.46 bits per heavy atom. The topological polar surface area (TPSA) is 56.1 Å². The summed E-state index contributed by atoms with van der Waals surface area (Å²) in [4.78, 5) is 17.5. The third-order valence-corrected chi connectivity index (χ3v) is 7.26. The van der Waals surface area contributed by atoms with Gasteiger partial charge in [0.25, 0.3) is 0 Å². The van der Waals surface area contributed by atoms with Crippen molar-refractivity contribution in [1.29, 1.82) is 0 Å². The van der Waals surface area contributed by atoms with E-state index < -0.39 is 0 Å². The number of amides is 1. The highest BCUT2D eigenvalue weighted by molar-refractivity contribution is 5.87. The molecule has 1 amide bonds. The second-order valence-electron chi connectivity index (χ2n) is 10.1. The van der Waals surface area contributed by atoms with Crippen LogP contribution in [0.3, 0.4) is 0 Å². The molecule has 5 heteroatoms. The van der Waals surface area contributed by atoms with E-state index in [0.29, 0.717) is 13.0 Å². The van der Waals surface area contributed by atoms with Crippen LogP contribution in [-0.2, 0) is 17.9 Å². The molecule has 4 aromatic carbocycles. The lowest BCUT2D eigenvalue weighted by Gasteiger charge is -2.18. The molecule has 0 fully saturated rings. The zero-order valence-electron chi connectivity index (χ0n) is 22.7. The van der Waals surface area contributed by atoms with Crippen LogP contribution in [0.5, 0.6) is 11.5 Å². The minimum Gasteiger partial charge on any atom is -0.457 e. The molecule has 0 aliphatic heterocycles. The molecule has 0 saturated carbocycles. The molecule has 0 aliphatic carbocycles. The summed E-state index contributed by atoms with van der Waals surface area (Å²) in [6.45, 7) is 1.21. The van der Waals surface area contributed by atoms with Crippen molar-refractivity contribution in [1.82, 2.24) is 14.9 Å². The number of para-hydroxylation sites is 2. The van der Waals surface area contributed by atoms with Crippen molar-refractivity contribution in [3.05, 3.63) is 162 Å². The smallest absolute Gasteiger partial charge is 0.221 e. The Balaban J connectivity index is 1.36. The summed E-state index contributed by atoms with van der Waals surface area (Å²) in [6, 6.07) is 40.6. The Morgan fingerprint density at radius 1 is 0.756 bits per heavy atom. The number of nitrogens with zero attached hydrogens (tertiary/aromatic N) is 2. The summed E-state index contributed by atoms with van der Waals surface area (Å²) in [5.41, 5.74) is 5.53. The first-order valence-electron chi connectivity index (χ1n) is 13.8. The van der Waals surface area contributed by atoms with Crippen LogP contribution in [0.25, 0.3) is 10.9 Å². The highest BCUT2D eigenvalue weighted by Crippen LogP contribution is 2.37. The summed E-state index contributed by atoms with van der Waals surface area (Å²) < 4.78 is 8.46. The molecule has 2 aromatic heterocycles. The summed E-state index contributed by atoms with van der Waals surface area (Å²) in [5.74, 6) is 1.33. The van der Waals surface area contributed by atoms with Crippen LogP contribution in [0.15, 0.2) is 140 Å². The Labute approximate surface area is 240 Å². The van der Waals surface area contributed by atoms with Gasteiger partial charge in [-0.1, -0.05) is 78.9 Å². The number of pyridine rings is 1. The lowest BCUT2D eigenvalue weighted by atomic mass is 9.88. The third kappa shape index (κ3) is 6.36. The molecule has 6 rings (SSSR count). The molecule has 0 aliphatic rings. The summed E-state index contributed by atoms with van der Waals surface area (Å²) in [7, 11) is 0. The molecular formula is C36H31N3O2. The summed E-state index contributed by atoms with van der Waals surface area (Å²) >= 11 is 0. The number of benzene rings is 4. The maximum absolute atomic E-state index is 13.4. The van der Waals surface area contributed by atoms with Gasteiger partial charge in [-0.25, -0.2) is 0 Å². The van der Waals surface area contributed by atoms with Gasteiger partial charge in [0.05, 0.1) is 0 Å². The fourth-order valence-electron chi connectivity index (χ4n) is 5.25. The number of fused-ring (bicyclic) bond motifs is 1. The van der Waals surface area contributed by atoms with Crippen LogP contribution in [0.2, 0.25) is 0 Å². The highest BCUT2D eigenvalue weighted by atomic mass is 16.5. The number of hydrogen-bond donors (Lipinski definition) is 1. The minimum absolute atomic E-state index is 0.0129. The van der Waals surface area contributed by atoms with Gasteiger partial charge >= 0.3 is 0 Å². The largest absolute Gasteiger partial charge is 0.457 e. The van der Waals surface area contributed by atoms with Gasteiger partial charge in [0.2, 0.25) is 5.91 Å². The molecule has 1 atom stereocenters. The molecule has 1 N–H and O–H groups in total. The van der Waals surface area contributed by atoms with Gasteiger partial charge in [-0.05, 0) is 64.7 Å². The normalized spacial score (nSPS) is 11.7. The van der Waals surface area contributed by atoms with Gasteiger partial charge in [0.15, 0.2) is 0 Å². The molecule has 41 heavy (non-hydrogen) atoms. The van der Waals surface area contributed by atoms with E-state index >= 15 is 0 Å². The van der Waals surface area contributed by atoms with Gasteiger partial charge in [-0.2, -0.15) is 0 Å². The second-order valence-corrected chi connectivity index (χ2v) is 10.1. The quantitative estimate of drug-likeness (QED) is 0.195. The van der Waals surface area contributed by atoms with E-state index in [9.17, 15) is 4.79 Å². The van der Waals surface area contributed by atoms with E-state index in [0.717, 1.165) is 45.6 Å². The number of nitrogens with one attached hydrogen (secondary N) is 1. The van der Waals surface area contributed by atoms with E-state index in [1.807, 2.05) is 60.7 Å². The van der Waals surface area contributed by atoms with E-state index in [4.69, 9.17) is 4.74 Å². The van der Waals surface area contributed by atoms with Gasteiger partial charge in [0, 0.05) is 54.9 Å². The highest BCUT2D eigenvalue weighted by Gasteiger charge is 2.23. The predicted molar refractivity (Wildman–Crippen MR) is 163 cm³/mol. The lowest BCUT2D eigenvalue weighted by molar-refractivity contribution is -0.121. The van der Waals surface area contributed by atoms with Crippen LogP contribution in [0, 0.1) is 0 Å². The maximum atomic E-state index is 13.4. The first-order chi connectivity index (χ1) is 20.2. The average molecular weight is 538 g/mol. The molecule has 6 aromatic rings. The molecule has 0 bridgehead atoms. The molecular weight excluding hydrogens is 506 g/mol. The van der Waals surface area contributed by atoms with Crippen molar-refractivity contribution in [3.63, 3.8) is 0 Å². The predicted octanol–water partition coefficient (Wildman–Crippen LogP) is 7.72. The Hall–Kier alpha value is -5.16. The van der Waals surface area contributed by atoms with Crippen molar-refractivity contribution in [2.75, 3.05) is 0 Å². The van der Waals surface area contributed by atoms with Crippen LogP contribution in [-0.4, -0.2) is 15.5 Å². The fraction of sp³-hybridized carbons (Fsp3) is 0.111. The van der Waals surface area contributed by atoms with Crippen molar-refractivity contribution >= 4 is 16.8 Å². The summed E-state index contributed by atoms with van der Waals surface area (Å²) in [5, 5.41) is 4.26. The second kappa shape index (κ2) is 12.3. The van der Waals surface area contributed by atoms with E-state index in [1.54, 1.807) is 12.4 Å². The van der Waals surface area contributed by atoms with Gasteiger partial charge < -0.3 is 14.6 Å². The number of hydrogen-bond acceptors (Lipinski definition) is 3. The van der Waals surface area contributed by atoms with Gasteiger partial charge in [-0.3, -0.25) is 9.78 Å². The Kier molecular flexibility index (Phi) is 7.86. The molecule has 0 spiro atoms. The fourth-order valence-corrected chi connectivity index (χ4v) is 5.25. The number of carbonyl (C=O) groups excluding carboxylic acids is 1. The minimum atomic E-state index is -0.173. The van der Waals surface area contributed by atoms with Crippen LogP contribution >= 0.6 is 0 Å². The SMILES string of the molecule is O=C(CC(c1cccc(Oc2ccccc2)c1)c1cn(Cc2ccccc2)c2ccccc12)NCc1ccncc1. The number of aromatic nitrogens is 2. The van der Waals surface area contributed by atoms with E-state index in [2.05, 4.69) is 81.7 Å². The number of ether oxygens (including phenoxy) is 1. The number of rotatable bonds is 10. The van der Waals surface area contributed by atoms with Crippen LogP contribution in [0.4, 0.5) is 0 Å². The number of carbonyl (C=O) groups is 1. The van der Waals surface area contributed by atoms with Crippen LogP contribution in [0.1, 0.15) is 34.6 Å². The summed E-state index contributed by atoms with van der Waals surface area (Å²) in [6.07, 6.45) is 6.00. The van der Waals surface area contributed by atoms with E-state index in [-0.39, 0.29) is 11.8 Å². The van der Waals surface area contributed by atoms with Gasteiger partial charge in [0.1, 0.15) is 11.5 Å². The molecule has 1 unspecified atom stereocenters. The maximum Gasteiger partial charge on any atom is 0.221 e. The molecule has 5 nitrogen and oxygen atoms in total. The van der Waals surface area contributed by atoms with E-state index in [1.165, 1.54) is 5.56 Å². The molecule has 0 saturated heterocycles. The van der Waals surface area contributed by atoms with Crippen molar-refractivity contribution in [2.45, 2.75) is 25.4 Å². The molecule has 0 radical (unpaired) electrons. The monoisotopic (exact) mass is 537 g/mol. The Morgan fingerprint density at radius 3 is 2.27 bits per heavy atom. The first kappa shape index (κ1) is 26.1. The first-order valence-corrected chi connectivity index (χ1v) is 13.8. The zero-order valence-corrected chi connectivity index (χ0v) is 22.7. The average Bonchev–Trinajstić information content (AvgIpc) is 3.38. The lowest BCUT2D eigenvalue weighted by Crippen LogP contribution is -2.25.